The summed E-state index contributed by atoms with van der Waals surface area (Å²) in [5, 5.41) is 8.44. The van der Waals surface area contributed by atoms with E-state index in [4.69, 9.17) is 9.47 Å². The summed E-state index contributed by atoms with van der Waals surface area (Å²) in [6.07, 6.45) is 0. The van der Waals surface area contributed by atoms with Crippen LogP contribution in [0.5, 0.6) is 23.0 Å². The highest BCUT2D eigenvalue weighted by Gasteiger charge is 2.30. The lowest BCUT2D eigenvalue weighted by atomic mass is 10.2. The zero-order valence-electron chi connectivity index (χ0n) is 20.0. The molecule has 2 N–H and O–H groups in total. The van der Waals surface area contributed by atoms with Gasteiger partial charge in [-0.15, -0.1) is 22.7 Å². The zero-order valence-corrected chi connectivity index (χ0v) is 21.7. The summed E-state index contributed by atoms with van der Waals surface area (Å²) in [4.78, 5) is 25.6. The van der Waals surface area contributed by atoms with Crippen molar-refractivity contribution in [2.24, 2.45) is 0 Å². The number of rotatable bonds is 8. The minimum Gasteiger partial charge on any atom is -0.449 e. The van der Waals surface area contributed by atoms with Crippen LogP contribution in [0.1, 0.15) is 19.3 Å². The lowest BCUT2D eigenvalue weighted by molar-refractivity contribution is 0.102. The number of hydrogen-bond donors (Lipinski definition) is 2. The van der Waals surface area contributed by atoms with E-state index in [-0.39, 0.29) is 22.9 Å². The van der Waals surface area contributed by atoms with Crippen molar-refractivity contribution < 1.29 is 36.6 Å². The Bertz CT molecular complexity index is 1540. The predicted molar refractivity (Wildman–Crippen MR) is 144 cm³/mol. The van der Waals surface area contributed by atoms with Gasteiger partial charge in [0.15, 0.2) is 11.5 Å². The molecule has 6 nitrogen and oxygen atoms in total. The van der Waals surface area contributed by atoms with Crippen LogP contribution in [0.15, 0.2) is 83.6 Å². The highest BCUT2D eigenvalue weighted by molar-refractivity contribution is 7.12. The number of thiophene rings is 2. The Morgan fingerprint density at radius 3 is 1.27 bits per heavy atom. The fraction of sp³-hybridized carbons (Fsp3) is 0. The smallest absolute Gasteiger partial charge is 0.265 e. The summed E-state index contributed by atoms with van der Waals surface area (Å²) in [5.41, 5.74) is 0.0208. The van der Waals surface area contributed by atoms with Crippen molar-refractivity contribution in [1.29, 1.82) is 0 Å². The highest BCUT2D eigenvalue weighted by Crippen LogP contribution is 2.41. The number of para-hydroxylation sites is 4. The Morgan fingerprint density at radius 2 is 0.925 bits per heavy atom. The molecule has 202 valence electrons. The first-order valence-electron chi connectivity index (χ1n) is 11.4. The quantitative estimate of drug-likeness (QED) is 0.142. The van der Waals surface area contributed by atoms with Crippen LogP contribution in [0.25, 0.3) is 0 Å². The number of amides is 2. The minimum atomic E-state index is -1.87. The summed E-state index contributed by atoms with van der Waals surface area (Å²) in [6.45, 7) is 0. The molecule has 0 aliphatic carbocycles. The molecule has 0 radical (unpaired) electrons. The van der Waals surface area contributed by atoms with Crippen molar-refractivity contribution >= 4 is 45.9 Å². The Kier molecular flexibility index (Phi) is 7.80. The van der Waals surface area contributed by atoms with Crippen molar-refractivity contribution in [2.45, 2.75) is 0 Å². The molecule has 0 aliphatic heterocycles. The minimum absolute atomic E-state index is 0.0104. The Labute approximate surface area is 232 Å². The van der Waals surface area contributed by atoms with Crippen molar-refractivity contribution in [3.05, 3.63) is 117 Å². The second-order valence-electron chi connectivity index (χ2n) is 7.97. The summed E-state index contributed by atoms with van der Waals surface area (Å²) in [5.74, 6) is -11.8. The second-order valence-corrected chi connectivity index (χ2v) is 9.87. The molecule has 0 unspecified atom stereocenters. The lowest BCUT2D eigenvalue weighted by Gasteiger charge is -2.16. The number of benzene rings is 3. The van der Waals surface area contributed by atoms with Crippen LogP contribution in [-0.2, 0) is 0 Å². The summed E-state index contributed by atoms with van der Waals surface area (Å²) < 4.78 is 70.7. The number of carbonyl (C=O) groups excluding carboxylic acids is 2. The van der Waals surface area contributed by atoms with Crippen LogP contribution in [0, 0.1) is 23.3 Å². The summed E-state index contributed by atoms with van der Waals surface area (Å²) in [7, 11) is 0. The molecule has 12 heteroatoms. The third-order valence-electron chi connectivity index (χ3n) is 5.37. The van der Waals surface area contributed by atoms with Crippen LogP contribution in [-0.4, -0.2) is 11.8 Å². The zero-order chi connectivity index (χ0) is 28.2. The number of anilines is 2. The average molecular weight is 585 g/mol. The molecule has 3 aromatic carbocycles. The standard InChI is InChI=1S/C28H16F4N2O4S2/c29-21-23(31)26(38-18-10-4-2-8-16(18)34-28(36)20-12-6-14-40-20)24(32)22(30)25(21)37-17-9-3-1-7-15(17)33-27(35)19-11-5-13-39-19/h1-14H,(H,33,35)(H,34,36). The molecule has 5 aromatic rings. The number of ether oxygens (including phenoxy) is 2. The van der Waals surface area contributed by atoms with E-state index in [1.54, 1.807) is 35.0 Å². The number of nitrogens with one attached hydrogen (secondary N) is 2. The fourth-order valence-electron chi connectivity index (χ4n) is 3.49. The van der Waals surface area contributed by atoms with Gasteiger partial charge in [-0.1, -0.05) is 36.4 Å². The molecule has 40 heavy (non-hydrogen) atoms. The molecule has 0 atom stereocenters. The van der Waals surface area contributed by atoms with Gasteiger partial charge in [-0.3, -0.25) is 9.59 Å². The molecule has 0 aliphatic rings. The fourth-order valence-corrected chi connectivity index (χ4v) is 4.73. The predicted octanol–water partition coefficient (Wildman–Crippen LogP) is 8.46. The van der Waals surface area contributed by atoms with E-state index in [2.05, 4.69) is 10.6 Å². The van der Waals surface area contributed by atoms with Gasteiger partial charge in [0.25, 0.3) is 11.8 Å². The van der Waals surface area contributed by atoms with Crippen LogP contribution in [0.3, 0.4) is 0 Å². The third kappa shape index (κ3) is 5.53. The second kappa shape index (κ2) is 11.6. The molecular formula is C28H16F4N2O4S2. The van der Waals surface area contributed by atoms with E-state index in [0.29, 0.717) is 9.75 Å². The Morgan fingerprint density at radius 1 is 0.550 bits per heavy atom. The van der Waals surface area contributed by atoms with Crippen molar-refractivity contribution in [2.75, 3.05) is 10.6 Å². The van der Waals surface area contributed by atoms with Gasteiger partial charge >= 0.3 is 0 Å². The van der Waals surface area contributed by atoms with Gasteiger partial charge in [0.1, 0.15) is 0 Å². The van der Waals surface area contributed by atoms with Gasteiger partial charge in [0, 0.05) is 0 Å². The van der Waals surface area contributed by atoms with Gasteiger partial charge < -0.3 is 20.1 Å². The highest BCUT2D eigenvalue weighted by atomic mass is 32.1. The van der Waals surface area contributed by atoms with E-state index in [9.17, 15) is 9.59 Å². The van der Waals surface area contributed by atoms with Gasteiger partial charge in [-0.25, -0.2) is 0 Å². The Balaban J connectivity index is 1.43. The van der Waals surface area contributed by atoms with Gasteiger partial charge in [-0.05, 0) is 47.2 Å². The van der Waals surface area contributed by atoms with Crippen LogP contribution in [0.4, 0.5) is 28.9 Å². The third-order valence-corrected chi connectivity index (χ3v) is 7.10. The number of hydrogen-bond acceptors (Lipinski definition) is 6. The molecule has 2 aromatic heterocycles. The number of carbonyl (C=O) groups is 2. The van der Waals surface area contributed by atoms with Crippen LogP contribution >= 0.6 is 22.7 Å². The molecule has 2 amide bonds. The average Bonchev–Trinajstić information content (AvgIpc) is 3.69. The molecule has 2 heterocycles. The topological polar surface area (TPSA) is 76.7 Å². The van der Waals surface area contributed by atoms with E-state index in [0.717, 1.165) is 0 Å². The van der Waals surface area contributed by atoms with Crippen LogP contribution < -0.4 is 20.1 Å². The van der Waals surface area contributed by atoms with Gasteiger partial charge in [0.2, 0.25) is 34.8 Å². The molecule has 5 rings (SSSR count). The SMILES string of the molecule is O=C(Nc1ccccc1Oc1c(F)c(F)c(Oc2ccccc2NC(=O)c2cccs2)c(F)c1F)c1cccs1. The van der Waals surface area contributed by atoms with Crippen LogP contribution in [0.2, 0.25) is 0 Å². The van der Waals surface area contributed by atoms with Gasteiger partial charge in [-0.2, -0.15) is 17.6 Å². The van der Waals surface area contributed by atoms with E-state index >= 15 is 17.6 Å². The van der Waals surface area contributed by atoms with E-state index in [1.165, 1.54) is 71.2 Å². The largest absolute Gasteiger partial charge is 0.449 e. The maximum Gasteiger partial charge on any atom is 0.265 e. The lowest BCUT2D eigenvalue weighted by Crippen LogP contribution is -2.12. The Hall–Kier alpha value is -4.68. The number of halogens is 4. The first-order chi connectivity index (χ1) is 19.3. The first-order valence-corrected chi connectivity index (χ1v) is 13.2. The molecular weight excluding hydrogens is 568 g/mol. The van der Waals surface area contributed by atoms with E-state index in [1.807, 2.05) is 0 Å². The molecule has 0 saturated carbocycles. The maximum atomic E-state index is 15.1. The molecule has 0 saturated heterocycles. The van der Waals surface area contributed by atoms with Crippen molar-refractivity contribution in [1.82, 2.24) is 0 Å². The monoisotopic (exact) mass is 584 g/mol. The van der Waals surface area contributed by atoms with Crippen molar-refractivity contribution in [3.63, 3.8) is 0 Å². The van der Waals surface area contributed by atoms with E-state index < -0.39 is 46.6 Å². The summed E-state index contributed by atoms with van der Waals surface area (Å²) >= 11 is 2.33. The normalized spacial score (nSPS) is 10.7. The molecule has 0 spiro atoms. The maximum absolute atomic E-state index is 15.1. The summed E-state index contributed by atoms with van der Waals surface area (Å²) in [6, 6.07) is 17.7. The molecule has 0 fully saturated rings. The van der Waals surface area contributed by atoms with Gasteiger partial charge in [0.05, 0.1) is 21.1 Å². The molecule has 0 bridgehead atoms. The first kappa shape index (κ1) is 26.9. The van der Waals surface area contributed by atoms with Crippen molar-refractivity contribution in [3.8, 4) is 23.0 Å².